The summed E-state index contributed by atoms with van der Waals surface area (Å²) in [7, 11) is 0. The molecular weight excluding hydrogens is 443 g/mol. The second kappa shape index (κ2) is 9.51. The molecule has 1 heterocycles. The van der Waals surface area contributed by atoms with Crippen LogP contribution in [-0.2, 0) is 10.9 Å². The Morgan fingerprint density at radius 3 is 2.34 bits per heavy atom. The van der Waals surface area contributed by atoms with E-state index >= 15 is 0 Å². The predicted octanol–water partition coefficient (Wildman–Crippen LogP) is 2.33. The van der Waals surface area contributed by atoms with Gasteiger partial charge in [0.1, 0.15) is 30.2 Å². The van der Waals surface area contributed by atoms with E-state index in [1.54, 1.807) is 0 Å². The summed E-state index contributed by atoms with van der Waals surface area (Å²) in [5, 5.41) is 39.0. The zero-order chi connectivity index (χ0) is 23.6. The molecule has 0 amide bonds. The van der Waals surface area contributed by atoms with Gasteiger partial charge in [0.2, 0.25) is 6.29 Å². The van der Waals surface area contributed by atoms with Crippen LogP contribution in [0.25, 0.3) is 12.2 Å². The van der Waals surface area contributed by atoms with Crippen LogP contribution in [0.15, 0.2) is 36.4 Å². The maximum absolute atomic E-state index is 14.4. The highest BCUT2D eigenvalue weighted by Gasteiger charge is 2.45. The molecule has 1 fully saturated rings. The minimum Gasteiger partial charge on any atom is -0.458 e. The lowest BCUT2D eigenvalue weighted by molar-refractivity contribution is -0.277. The average Bonchev–Trinajstić information content (AvgIpc) is 2.73. The number of alkyl halides is 3. The minimum atomic E-state index is -4.58. The molecule has 1 unspecified atom stereocenters. The molecule has 2 aromatic rings. The number of rotatable bonds is 5. The summed E-state index contributed by atoms with van der Waals surface area (Å²) in [5.41, 5.74) is -1.07. The highest BCUT2D eigenvalue weighted by molar-refractivity contribution is 5.73. The molecule has 0 aromatic heterocycles. The summed E-state index contributed by atoms with van der Waals surface area (Å²) < 4.78 is 77.3. The molecule has 0 bridgehead atoms. The van der Waals surface area contributed by atoms with Crippen LogP contribution in [0.1, 0.15) is 16.7 Å². The number of aliphatic hydroxyl groups is 4. The molecule has 0 radical (unpaired) electrons. The Morgan fingerprint density at radius 2 is 1.69 bits per heavy atom. The van der Waals surface area contributed by atoms with Crippen molar-refractivity contribution < 1.29 is 51.9 Å². The first-order valence-corrected chi connectivity index (χ1v) is 9.33. The maximum Gasteiger partial charge on any atom is 0.416 e. The van der Waals surface area contributed by atoms with Gasteiger partial charge in [0.05, 0.1) is 12.2 Å². The predicted molar refractivity (Wildman–Crippen MR) is 101 cm³/mol. The van der Waals surface area contributed by atoms with E-state index in [0.29, 0.717) is 6.07 Å². The van der Waals surface area contributed by atoms with E-state index in [9.17, 15) is 42.4 Å². The average molecular weight is 462 g/mol. The number of hydrogen-bond donors (Lipinski definition) is 4. The molecular formula is C21H19F5O6. The van der Waals surface area contributed by atoms with Crippen molar-refractivity contribution in [1.82, 2.24) is 0 Å². The Morgan fingerprint density at radius 1 is 0.969 bits per heavy atom. The molecule has 2 aromatic carbocycles. The second-order valence-electron chi connectivity index (χ2n) is 7.08. The van der Waals surface area contributed by atoms with Crippen molar-refractivity contribution in [2.24, 2.45) is 0 Å². The first kappa shape index (κ1) is 24.1. The van der Waals surface area contributed by atoms with Gasteiger partial charge in [0.25, 0.3) is 0 Å². The van der Waals surface area contributed by atoms with Gasteiger partial charge in [-0.15, -0.1) is 0 Å². The van der Waals surface area contributed by atoms with Crippen LogP contribution in [0.2, 0.25) is 0 Å². The third-order valence-electron chi connectivity index (χ3n) is 4.79. The smallest absolute Gasteiger partial charge is 0.416 e. The summed E-state index contributed by atoms with van der Waals surface area (Å²) in [4.78, 5) is 0. The molecule has 0 aliphatic carbocycles. The molecule has 1 aliphatic heterocycles. The fraction of sp³-hybridized carbons (Fsp3) is 0.333. The van der Waals surface area contributed by atoms with Gasteiger partial charge in [0.15, 0.2) is 11.6 Å². The quantitative estimate of drug-likeness (QED) is 0.402. The van der Waals surface area contributed by atoms with Crippen LogP contribution < -0.4 is 4.74 Å². The van der Waals surface area contributed by atoms with E-state index in [4.69, 9.17) is 9.47 Å². The van der Waals surface area contributed by atoms with E-state index in [-0.39, 0.29) is 11.1 Å². The van der Waals surface area contributed by atoms with Crippen LogP contribution in [0.3, 0.4) is 0 Å². The Hall–Kier alpha value is -2.57. The SMILES string of the molecule is OC[C@H]1OC(Oc2c(F)cc(F)cc2/C=C/c2cccc(C(F)(F)F)c2)[C@H](O)[C@@H](O)[C@@H]1O. The summed E-state index contributed by atoms with van der Waals surface area (Å²) in [6.07, 6.45) is -10.7. The van der Waals surface area contributed by atoms with E-state index < -0.39 is 66.4 Å². The van der Waals surface area contributed by atoms with E-state index in [1.807, 2.05) is 0 Å². The Kier molecular flexibility index (Phi) is 7.16. The summed E-state index contributed by atoms with van der Waals surface area (Å²) in [5.74, 6) is -2.85. The van der Waals surface area contributed by atoms with Gasteiger partial charge in [-0.2, -0.15) is 13.2 Å². The van der Waals surface area contributed by atoms with Crippen LogP contribution in [0.5, 0.6) is 5.75 Å². The minimum absolute atomic E-state index is 0.0864. The molecule has 4 N–H and O–H groups in total. The molecule has 0 spiro atoms. The van der Waals surface area contributed by atoms with Gasteiger partial charge in [-0.05, 0) is 23.8 Å². The molecule has 3 rings (SSSR count). The van der Waals surface area contributed by atoms with Gasteiger partial charge < -0.3 is 29.9 Å². The standard InChI is InChI=1S/C21H19F5O6/c22-13-7-11(5-4-10-2-1-3-12(6-10)21(24,25)26)19(14(23)8-13)32-20-18(30)17(29)16(28)15(9-27)31-20/h1-8,15-18,20,27-30H,9H2/b5-4+/t15-,16-,17+,18-,20?/m1/s1. The van der Waals surface area contributed by atoms with Crippen LogP contribution in [0.4, 0.5) is 22.0 Å². The normalized spacial score (nSPS) is 26.5. The Labute approximate surface area is 178 Å². The molecule has 174 valence electrons. The van der Waals surface area contributed by atoms with Crippen LogP contribution >= 0.6 is 0 Å². The number of ether oxygens (including phenoxy) is 2. The molecule has 6 nitrogen and oxygen atoms in total. The molecule has 5 atom stereocenters. The lowest BCUT2D eigenvalue weighted by atomic mass is 9.99. The largest absolute Gasteiger partial charge is 0.458 e. The van der Waals surface area contributed by atoms with E-state index in [1.165, 1.54) is 18.2 Å². The summed E-state index contributed by atoms with van der Waals surface area (Å²) in [6.45, 7) is -0.751. The van der Waals surface area contributed by atoms with E-state index in [2.05, 4.69) is 0 Å². The van der Waals surface area contributed by atoms with Crippen molar-refractivity contribution in [3.63, 3.8) is 0 Å². The molecule has 11 heteroatoms. The van der Waals surface area contributed by atoms with Gasteiger partial charge in [0, 0.05) is 11.6 Å². The number of hydrogen-bond acceptors (Lipinski definition) is 6. The van der Waals surface area contributed by atoms with Crippen molar-refractivity contribution >= 4 is 12.2 Å². The third kappa shape index (κ3) is 5.25. The van der Waals surface area contributed by atoms with Gasteiger partial charge >= 0.3 is 6.18 Å². The summed E-state index contributed by atoms with van der Waals surface area (Å²) >= 11 is 0. The maximum atomic E-state index is 14.4. The zero-order valence-corrected chi connectivity index (χ0v) is 16.2. The number of benzene rings is 2. The van der Waals surface area contributed by atoms with Gasteiger partial charge in [-0.25, -0.2) is 8.78 Å². The fourth-order valence-corrected chi connectivity index (χ4v) is 3.11. The first-order chi connectivity index (χ1) is 15.0. The second-order valence-corrected chi connectivity index (χ2v) is 7.08. The lowest BCUT2D eigenvalue weighted by Gasteiger charge is -2.39. The van der Waals surface area contributed by atoms with Crippen molar-refractivity contribution in [3.8, 4) is 5.75 Å². The van der Waals surface area contributed by atoms with E-state index in [0.717, 1.165) is 24.3 Å². The molecule has 1 saturated heterocycles. The van der Waals surface area contributed by atoms with Crippen molar-refractivity contribution in [2.75, 3.05) is 6.61 Å². The molecule has 32 heavy (non-hydrogen) atoms. The van der Waals surface area contributed by atoms with Crippen LogP contribution in [0, 0.1) is 11.6 Å². The lowest BCUT2D eigenvalue weighted by Crippen LogP contribution is -2.60. The highest BCUT2D eigenvalue weighted by Crippen LogP contribution is 2.32. The third-order valence-corrected chi connectivity index (χ3v) is 4.79. The number of aliphatic hydroxyl groups excluding tert-OH is 4. The van der Waals surface area contributed by atoms with Crippen molar-refractivity contribution in [2.45, 2.75) is 36.9 Å². The first-order valence-electron chi connectivity index (χ1n) is 9.33. The van der Waals surface area contributed by atoms with Crippen molar-refractivity contribution in [1.29, 1.82) is 0 Å². The molecule has 1 aliphatic rings. The van der Waals surface area contributed by atoms with Crippen LogP contribution in [-0.4, -0.2) is 57.7 Å². The topological polar surface area (TPSA) is 99.4 Å². The molecule has 0 saturated carbocycles. The zero-order valence-electron chi connectivity index (χ0n) is 16.2. The van der Waals surface area contributed by atoms with Gasteiger partial charge in [-0.1, -0.05) is 24.3 Å². The Bertz CT molecular complexity index is 978. The monoisotopic (exact) mass is 462 g/mol. The fourth-order valence-electron chi connectivity index (χ4n) is 3.11. The highest BCUT2D eigenvalue weighted by atomic mass is 19.4. The Balaban J connectivity index is 1.92. The number of halogens is 5. The summed E-state index contributed by atoms with van der Waals surface area (Å²) in [6, 6.07) is 5.53. The van der Waals surface area contributed by atoms with Crippen molar-refractivity contribution in [3.05, 3.63) is 64.7 Å². The van der Waals surface area contributed by atoms with Gasteiger partial charge in [-0.3, -0.25) is 0 Å².